The maximum atomic E-state index is 12.2. The van der Waals surface area contributed by atoms with Gasteiger partial charge in [0, 0.05) is 11.5 Å². The molecule has 94 valence electrons. The number of aromatic carboxylic acids is 1. The van der Waals surface area contributed by atoms with Crippen molar-refractivity contribution in [1.29, 1.82) is 0 Å². The minimum Gasteiger partial charge on any atom is -0.478 e. The highest BCUT2D eigenvalue weighted by Gasteiger charge is 2.30. The SMILES string of the molecule is CN(CC(F)(F)F)c1ccc(Br)cc1C(=O)O. The van der Waals surface area contributed by atoms with Gasteiger partial charge in [0.25, 0.3) is 0 Å². The minimum atomic E-state index is -4.38. The fourth-order valence-electron chi connectivity index (χ4n) is 1.37. The average molecular weight is 312 g/mol. The second kappa shape index (κ2) is 4.95. The number of hydrogen-bond donors (Lipinski definition) is 1. The van der Waals surface area contributed by atoms with Gasteiger partial charge in [0.15, 0.2) is 0 Å². The van der Waals surface area contributed by atoms with Gasteiger partial charge in [-0.15, -0.1) is 0 Å². The number of carboxylic acid groups (broad SMARTS) is 1. The van der Waals surface area contributed by atoms with Gasteiger partial charge in [-0.05, 0) is 18.2 Å². The first-order chi connectivity index (χ1) is 7.70. The quantitative estimate of drug-likeness (QED) is 0.932. The van der Waals surface area contributed by atoms with Crippen molar-refractivity contribution in [2.45, 2.75) is 6.18 Å². The van der Waals surface area contributed by atoms with Crippen LogP contribution in [0, 0.1) is 0 Å². The predicted molar refractivity (Wildman–Crippen MR) is 60.4 cm³/mol. The van der Waals surface area contributed by atoms with Crippen molar-refractivity contribution < 1.29 is 23.1 Å². The molecule has 1 rings (SSSR count). The first-order valence-corrected chi connectivity index (χ1v) is 5.31. The number of rotatable bonds is 3. The van der Waals surface area contributed by atoms with Crippen LogP contribution in [0.5, 0.6) is 0 Å². The van der Waals surface area contributed by atoms with Crippen LogP contribution in [0.4, 0.5) is 18.9 Å². The van der Waals surface area contributed by atoms with E-state index in [9.17, 15) is 18.0 Å². The monoisotopic (exact) mass is 311 g/mol. The lowest BCUT2D eigenvalue weighted by molar-refractivity contribution is -0.119. The lowest BCUT2D eigenvalue weighted by atomic mass is 10.1. The molecule has 0 aliphatic carbocycles. The average Bonchev–Trinajstić information content (AvgIpc) is 2.14. The summed E-state index contributed by atoms with van der Waals surface area (Å²) in [6, 6.07) is 4.10. The van der Waals surface area contributed by atoms with Gasteiger partial charge in [-0.2, -0.15) is 13.2 Å². The molecular weight excluding hydrogens is 303 g/mol. The van der Waals surface area contributed by atoms with Crippen LogP contribution in [-0.4, -0.2) is 30.8 Å². The molecule has 1 aromatic rings. The summed E-state index contributed by atoms with van der Waals surface area (Å²) in [5.41, 5.74) is -0.149. The number of halogens is 4. The van der Waals surface area contributed by atoms with E-state index < -0.39 is 18.7 Å². The Bertz CT molecular complexity index is 434. The van der Waals surface area contributed by atoms with Crippen molar-refractivity contribution in [1.82, 2.24) is 0 Å². The summed E-state index contributed by atoms with van der Waals surface area (Å²) in [6.45, 7) is -1.20. The van der Waals surface area contributed by atoms with E-state index in [1.54, 1.807) is 0 Å². The van der Waals surface area contributed by atoms with Crippen LogP contribution < -0.4 is 4.90 Å². The van der Waals surface area contributed by atoms with E-state index >= 15 is 0 Å². The Morgan fingerprint density at radius 3 is 2.53 bits per heavy atom. The number of hydrogen-bond acceptors (Lipinski definition) is 2. The highest BCUT2D eigenvalue weighted by Crippen LogP contribution is 2.26. The maximum Gasteiger partial charge on any atom is 0.405 e. The van der Waals surface area contributed by atoms with Gasteiger partial charge in [0.1, 0.15) is 6.54 Å². The molecule has 0 atom stereocenters. The summed E-state index contributed by atoms with van der Waals surface area (Å²) in [7, 11) is 1.20. The molecule has 0 aliphatic heterocycles. The summed E-state index contributed by atoms with van der Waals surface area (Å²) in [5, 5.41) is 8.91. The third-order valence-electron chi connectivity index (χ3n) is 2.02. The van der Waals surface area contributed by atoms with Crippen LogP contribution in [0.1, 0.15) is 10.4 Å². The summed E-state index contributed by atoms with van der Waals surface area (Å²) < 4.78 is 37.1. The standard InChI is InChI=1S/C10H9BrF3NO2/c1-15(5-10(12,13)14)8-3-2-6(11)4-7(8)9(16)17/h2-4H,5H2,1H3,(H,16,17). The number of benzene rings is 1. The molecular formula is C10H9BrF3NO2. The van der Waals surface area contributed by atoms with Gasteiger partial charge < -0.3 is 10.0 Å². The Morgan fingerprint density at radius 1 is 1.47 bits per heavy atom. The van der Waals surface area contributed by atoms with E-state index in [0.29, 0.717) is 4.47 Å². The van der Waals surface area contributed by atoms with Crippen molar-refractivity contribution in [3.05, 3.63) is 28.2 Å². The van der Waals surface area contributed by atoms with Crippen LogP contribution in [0.3, 0.4) is 0 Å². The molecule has 0 aliphatic rings. The molecule has 1 N–H and O–H groups in total. The Hall–Kier alpha value is -1.24. The maximum absolute atomic E-state index is 12.2. The molecule has 0 aromatic heterocycles. The van der Waals surface area contributed by atoms with E-state index in [-0.39, 0.29) is 11.3 Å². The molecule has 1 aromatic carbocycles. The second-order valence-corrected chi connectivity index (χ2v) is 4.35. The Morgan fingerprint density at radius 2 is 2.06 bits per heavy atom. The third-order valence-corrected chi connectivity index (χ3v) is 2.51. The molecule has 0 radical (unpaired) electrons. The molecule has 0 unspecified atom stereocenters. The molecule has 0 saturated heterocycles. The normalized spacial score (nSPS) is 11.4. The van der Waals surface area contributed by atoms with Crippen LogP contribution in [0.25, 0.3) is 0 Å². The zero-order chi connectivity index (χ0) is 13.2. The predicted octanol–water partition coefficient (Wildman–Crippen LogP) is 3.15. The topological polar surface area (TPSA) is 40.5 Å². The van der Waals surface area contributed by atoms with E-state index in [2.05, 4.69) is 15.9 Å². The van der Waals surface area contributed by atoms with Crippen LogP contribution in [-0.2, 0) is 0 Å². The fraction of sp³-hybridized carbons (Fsp3) is 0.300. The molecule has 7 heteroatoms. The van der Waals surface area contributed by atoms with Gasteiger partial charge >= 0.3 is 12.1 Å². The Labute approximate surface area is 104 Å². The van der Waals surface area contributed by atoms with Crippen molar-refractivity contribution in [2.75, 3.05) is 18.5 Å². The minimum absolute atomic E-state index is 0.0259. The molecule has 0 fully saturated rings. The van der Waals surface area contributed by atoms with Gasteiger partial charge in [-0.25, -0.2) is 4.79 Å². The lowest BCUT2D eigenvalue weighted by Crippen LogP contribution is -2.31. The molecule has 0 bridgehead atoms. The van der Waals surface area contributed by atoms with E-state index in [0.717, 1.165) is 4.90 Å². The van der Waals surface area contributed by atoms with Gasteiger partial charge in [-0.3, -0.25) is 0 Å². The number of anilines is 1. The Balaban J connectivity index is 3.09. The fourth-order valence-corrected chi connectivity index (χ4v) is 1.73. The molecule has 0 amide bonds. The van der Waals surface area contributed by atoms with E-state index in [4.69, 9.17) is 5.11 Å². The van der Waals surface area contributed by atoms with Gasteiger partial charge in [-0.1, -0.05) is 15.9 Å². The van der Waals surface area contributed by atoms with Gasteiger partial charge in [0.2, 0.25) is 0 Å². The number of carbonyl (C=O) groups is 1. The van der Waals surface area contributed by atoms with Crippen LogP contribution in [0.15, 0.2) is 22.7 Å². The van der Waals surface area contributed by atoms with Crippen LogP contribution in [0.2, 0.25) is 0 Å². The second-order valence-electron chi connectivity index (χ2n) is 3.44. The molecule has 17 heavy (non-hydrogen) atoms. The zero-order valence-corrected chi connectivity index (χ0v) is 10.3. The number of carboxylic acids is 1. The number of nitrogens with zero attached hydrogens (tertiary/aromatic N) is 1. The van der Waals surface area contributed by atoms with Crippen molar-refractivity contribution >= 4 is 27.6 Å². The third kappa shape index (κ3) is 3.92. The lowest BCUT2D eigenvalue weighted by Gasteiger charge is -2.22. The highest BCUT2D eigenvalue weighted by molar-refractivity contribution is 9.10. The first kappa shape index (κ1) is 13.8. The number of alkyl halides is 3. The van der Waals surface area contributed by atoms with Crippen molar-refractivity contribution in [2.24, 2.45) is 0 Å². The largest absolute Gasteiger partial charge is 0.478 e. The Kier molecular flexibility index (Phi) is 4.03. The molecule has 0 heterocycles. The zero-order valence-electron chi connectivity index (χ0n) is 8.75. The summed E-state index contributed by atoms with van der Waals surface area (Å²) >= 11 is 3.07. The highest BCUT2D eigenvalue weighted by atomic mass is 79.9. The summed E-state index contributed by atoms with van der Waals surface area (Å²) in [4.78, 5) is 11.8. The van der Waals surface area contributed by atoms with Crippen LogP contribution >= 0.6 is 15.9 Å². The first-order valence-electron chi connectivity index (χ1n) is 4.51. The molecule has 0 saturated carbocycles. The summed E-state index contributed by atoms with van der Waals surface area (Å²) in [5.74, 6) is -1.27. The van der Waals surface area contributed by atoms with Crippen molar-refractivity contribution in [3.63, 3.8) is 0 Å². The molecule has 0 spiro atoms. The summed E-state index contributed by atoms with van der Waals surface area (Å²) in [6.07, 6.45) is -4.38. The van der Waals surface area contributed by atoms with E-state index in [1.807, 2.05) is 0 Å². The molecule has 3 nitrogen and oxygen atoms in total. The van der Waals surface area contributed by atoms with E-state index in [1.165, 1.54) is 25.2 Å². The van der Waals surface area contributed by atoms with Gasteiger partial charge in [0.05, 0.1) is 11.3 Å². The van der Waals surface area contributed by atoms with Crippen molar-refractivity contribution in [3.8, 4) is 0 Å². The smallest absolute Gasteiger partial charge is 0.405 e.